The van der Waals surface area contributed by atoms with Gasteiger partial charge in [-0.15, -0.1) is 0 Å². The molecule has 0 radical (unpaired) electrons. The number of carbonyl (C=O) groups is 1. The van der Waals surface area contributed by atoms with Crippen LogP contribution in [0.2, 0.25) is 0 Å². The first kappa shape index (κ1) is 15.6. The lowest BCUT2D eigenvalue weighted by Gasteiger charge is -2.50. The zero-order valence-electron chi connectivity index (χ0n) is 12.6. The van der Waals surface area contributed by atoms with Crippen LogP contribution >= 0.6 is 0 Å². The van der Waals surface area contributed by atoms with Crippen LogP contribution in [-0.4, -0.2) is 28.4 Å². The van der Waals surface area contributed by atoms with Crippen molar-refractivity contribution >= 4 is 5.91 Å². The Hall–Kier alpha value is -2.27. The molecule has 1 aliphatic heterocycles. The fraction of sp³-hybridized carbons (Fsp3) is 0.278. The van der Waals surface area contributed by atoms with Crippen molar-refractivity contribution in [1.29, 1.82) is 0 Å². The van der Waals surface area contributed by atoms with Crippen molar-refractivity contribution in [3.05, 3.63) is 71.3 Å². The Kier molecular flexibility index (Phi) is 3.90. The van der Waals surface area contributed by atoms with Gasteiger partial charge in [-0.05, 0) is 18.1 Å². The number of benzene rings is 2. The second kappa shape index (κ2) is 5.74. The van der Waals surface area contributed by atoms with Gasteiger partial charge in [-0.25, -0.2) is 0 Å². The Morgan fingerprint density at radius 1 is 1.13 bits per heavy atom. The average Bonchev–Trinajstić information content (AvgIpc) is 2.56. The van der Waals surface area contributed by atoms with E-state index in [1.165, 1.54) is 0 Å². The number of aliphatic hydroxyl groups is 1. The van der Waals surface area contributed by atoms with Crippen LogP contribution in [0.4, 0.5) is 8.78 Å². The Morgan fingerprint density at radius 2 is 1.74 bits per heavy atom. The first-order chi connectivity index (χ1) is 11.0. The summed E-state index contributed by atoms with van der Waals surface area (Å²) in [6, 6.07) is 13.3. The Labute approximate surface area is 133 Å². The van der Waals surface area contributed by atoms with Crippen LogP contribution < -0.4 is 0 Å². The summed E-state index contributed by atoms with van der Waals surface area (Å²) in [5.74, 6) is -4.69. The largest absolute Gasteiger partial charge is 0.394 e. The van der Waals surface area contributed by atoms with Gasteiger partial charge < -0.3 is 10.0 Å². The SMILES string of the molecule is Cc1ccc([C@@H]2N([C@@H](CO)c3ccccc3)C(=O)C2(F)F)cc1. The predicted molar refractivity (Wildman–Crippen MR) is 82.0 cm³/mol. The molecule has 0 spiro atoms. The van der Waals surface area contributed by atoms with E-state index in [1.807, 2.05) is 6.92 Å². The van der Waals surface area contributed by atoms with Crippen LogP contribution in [0.3, 0.4) is 0 Å². The molecule has 23 heavy (non-hydrogen) atoms. The molecule has 1 amide bonds. The number of amides is 1. The van der Waals surface area contributed by atoms with Gasteiger partial charge in [0.2, 0.25) is 0 Å². The first-order valence-electron chi connectivity index (χ1n) is 7.39. The second-order valence-corrected chi connectivity index (χ2v) is 5.76. The summed E-state index contributed by atoms with van der Waals surface area (Å²) in [6.45, 7) is 1.46. The summed E-state index contributed by atoms with van der Waals surface area (Å²) in [6.07, 6.45) is 0. The van der Waals surface area contributed by atoms with E-state index in [0.29, 0.717) is 11.1 Å². The quantitative estimate of drug-likeness (QED) is 0.880. The van der Waals surface area contributed by atoms with Crippen molar-refractivity contribution in [3.63, 3.8) is 0 Å². The van der Waals surface area contributed by atoms with Gasteiger partial charge in [-0.3, -0.25) is 4.79 Å². The molecule has 2 atom stereocenters. The van der Waals surface area contributed by atoms with Gasteiger partial charge in [0.25, 0.3) is 5.91 Å². The van der Waals surface area contributed by atoms with Crippen molar-refractivity contribution in [2.24, 2.45) is 0 Å². The van der Waals surface area contributed by atoms with Gasteiger partial charge in [-0.1, -0.05) is 60.2 Å². The molecule has 1 aliphatic rings. The summed E-state index contributed by atoms with van der Waals surface area (Å²) >= 11 is 0. The standard InChI is InChI=1S/C18H17F2NO2/c1-12-7-9-14(10-8-12)16-18(19,20)17(23)21(16)15(11-22)13-5-3-2-4-6-13/h2-10,15-16,22H,11H2,1H3/t15-,16-/m0/s1. The van der Waals surface area contributed by atoms with Crippen molar-refractivity contribution < 1.29 is 18.7 Å². The highest BCUT2D eigenvalue weighted by Crippen LogP contribution is 2.51. The highest BCUT2D eigenvalue weighted by atomic mass is 19.3. The van der Waals surface area contributed by atoms with E-state index >= 15 is 0 Å². The highest BCUT2D eigenvalue weighted by molar-refractivity contribution is 5.92. The molecular formula is C18H17F2NO2. The van der Waals surface area contributed by atoms with E-state index in [-0.39, 0.29) is 0 Å². The molecule has 1 saturated heterocycles. The van der Waals surface area contributed by atoms with E-state index in [9.17, 15) is 18.7 Å². The number of aliphatic hydroxyl groups excluding tert-OH is 1. The number of likely N-dealkylation sites (tertiary alicyclic amines) is 1. The summed E-state index contributed by atoms with van der Waals surface area (Å²) in [7, 11) is 0. The first-order valence-corrected chi connectivity index (χ1v) is 7.39. The molecule has 3 nitrogen and oxygen atoms in total. The third kappa shape index (κ3) is 2.51. The zero-order valence-corrected chi connectivity index (χ0v) is 12.6. The summed E-state index contributed by atoms with van der Waals surface area (Å²) in [4.78, 5) is 13.1. The molecule has 5 heteroatoms. The monoisotopic (exact) mass is 317 g/mol. The summed E-state index contributed by atoms with van der Waals surface area (Å²) < 4.78 is 28.3. The van der Waals surface area contributed by atoms with Crippen LogP contribution in [0.15, 0.2) is 54.6 Å². The smallest absolute Gasteiger partial charge is 0.348 e. The minimum atomic E-state index is -3.45. The Bertz CT molecular complexity index is 701. The van der Waals surface area contributed by atoms with Crippen molar-refractivity contribution in [2.75, 3.05) is 6.61 Å². The van der Waals surface area contributed by atoms with Crippen LogP contribution in [-0.2, 0) is 4.79 Å². The number of halogens is 2. The van der Waals surface area contributed by atoms with E-state index < -0.39 is 30.5 Å². The number of carbonyl (C=O) groups excluding carboxylic acids is 1. The van der Waals surface area contributed by atoms with Crippen LogP contribution in [0.1, 0.15) is 28.8 Å². The van der Waals surface area contributed by atoms with Crippen LogP contribution in [0.5, 0.6) is 0 Å². The summed E-state index contributed by atoms with van der Waals surface area (Å²) in [5, 5.41) is 9.67. The average molecular weight is 317 g/mol. The second-order valence-electron chi connectivity index (χ2n) is 5.76. The molecule has 1 N–H and O–H groups in total. The van der Waals surface area contributed by atoms with Crippen LogP contribution in [0, 0.1) is 6.92 Å². The van der Waals surface area contributed by atoms with E-state index in [4.69, 9.17) is 0 Å². The fourth-order valence-corrected chi connectivity index (χ4v) is 2.98. The number of nitrogens with zero attached hydrogens (tertiary/aromatic N) is 1. The zero-order chi connectivity index (χ0) is 16.6. The van der Waals surface area contributed by atoms with E-state index in [0.717, 1.165) is 10.5 Å². The van der Waals surface area contributed by atoms with E-state index in [1.54, 1.807) is 54.6 Å². The number of aryl methyl sites for hydroxylation is 1. The van der Waals surface area contributed by atoms with E-state index in [2.05, 4.69) is 0 Å². The molecule has 1 heterocycles. The molecule has 0 unspecified atom stereocenters. The van der Waals surface area contributed by atoms with Gasteiger partial charge in [0.1, 0.15) is 6.04 Å². The number of β-lactam (4-membered cyclic amide) rings is 1. The topological polar surface area (TPSA) is 40.5 Å². The van der Waals surface area contributed by atoms with Gasteiger partial charge in [0.15, 0.2) is 0 Å². The van der Waals surface area contributed by atoms with Crippen molar-refractivity contribution in [3.8, 4) is 0 Å². The predicted octanol–water partition coefficient (Wildman–Crippen LogP) is 3.25. The lowest BCUT2D eigenvalue weighted by atomic mass is 9.86. The number of hydrogen-bond acceptors (Lipinski definition) is 2. The van der Waals surface area contributed by atoms with Crippen LogP contribution in [0.25, 0.3) is 0 Å². The number of rotatable bonds is 4. The molecule has 0 aromatic heterocycles. The fourth-order valence-electron chi connectivity index (χ4n) is 2.98. The Balaban J connectivity index is 1.99. The van der Waals surface area contributed by atoms with Gasteiger partial charge in [-0.2, -0.15) is 8.78 Å². The molecule has 0 aliphatic carbocycles. The van der Waals surface area contributed by atoms with Gasteiger partial charge in [0, 0.05) is 0 Å². The molecule has 3 rings (SSSR count). The lowest BCUT2D eigenvalue weighted by molar-refractivity contribution is -0.215. The third-order valence-electron chi connectivity index (χ3n) is 4.23. The number of alkyl halides is 2. The molecule has 2 aromatic rings. The number of hydrogen-bond donors (Lipinski definition) is 1. The maximum absolute atomic E-state index is 14.2. The molecule has 0 saturated carbocycles. The summed E-state index contributed by atoms with van der Waals surface area (Å²) in [5.41, 5.74) is 1.96. The van der Waals surface area contributed by atoms with Crippen molar-refractivity contribution in [1.82, 2.24) is 4.90 Å². The lowest BCUT2D eigenvalue weighted by Crippen LogP contribution is -2.64. The molecule has 0 bridgehead atoms. The minimum absolute atomic E-state index is 0.370. The van der Waals surface area contributed by atoms with Gasteiger partial charge >= 0.3 is 5.92 Å². The normalized spacial score (nSPS) is 21.0. The maximum Gasteiger partial charge on any atom is 0.348 e. The van der Waals surface area contributed by atoms with Gasteiger partial charge in [0.05, 0.1) is 12.6 Å². The molecule has 1 fully saturated rings. The molecule has 120 valence electrons. The Morgan fingerprint density at radius 3 is 2.30 bits per heavy atom. The highest BCUT2D eigenvalue weighted by Gasteiger charge is 2.65. The maximum atomic E-state index is 14.2. The van der Waals surface area contributed by atoms with Crippen molar-refractivity contribution in [2.45, 2.75) is 24.9 Å². The molecular weight excluding hydrogens is 300 g/mol. The third-order valence-corrected chi connectivity index (χ3v) is 4.23. The minimum Gasteiger partial charge on any atom is -0.394 e. The molecule has 2 aromatic carbocycles.